The summed E-state index contributed by atoms with van der Waals surface area (Å²) < 4.78 is 0. The molecule has 4 aliphatic rings. The minimum Gasteiger partial charge on any atom is -0.478 e. The maximum atomic E-state index is 10.7. The Bertz CT molecular complexity index is 1880. The Morgan fingerprint density at radius 2 is 0.775 bits per heavy atom. The molecule has 0 bridgehead atoms. The first-order valence-electron chi connectivity index (χ1n) is 24.6. The van der Waals surface area contributed by atoms with Crippen LogP contribution in [0.4, 0.5) is 22.7 Å². The second kappa shape index (κ2) is 42.3. The van der Waals surface area contributed by atoms with Crippen molar-refractivity contribution < 1.29 is 118 Å². The molecule has 4 aromatic carbocycles. The van der Waals surface area contributed by atoms with E-state index in [1.807, 2.05) is 12.1 Å². The number of aryl methyl sites for hydroxylation is 3. The number of nitrogens with one attached hydrogen (secondary N) is 1. The monoisotopic (exact) mass is 1260 g/mol. The van der Waals surface area contributed by atoms with Crippen LogP contribution in [0.15, 0.2) is 97.1 Å². The molecule has 4 aliphatic heterocycles. The minimum absolute atomic E-state index is 0. The number of aromatic carboxylic acids is 1. The molecule has 0 unspecified atom stereocenters. The summed E-state index contributed by atoms with van der Waals surface area (Å²) in [6.45, 7) is 39.4. The number of piperazine rings is 4. The Morgan fingerprint density at radius 1 is 0.507 bits per heavy atom. The van der Waals surface area contributed by atoms with Crippen molar-refractivity contribution in [3.8, 4) is 0 Å². The minimum atomic E-state index is -0.876. The second-order valence-electron chi connectivity index (χ2n) is 17.4. The van der Waals surface area contributed by atoms with E-state index < -0.39 is 5.97 Å². The average molecular weight is 1270 g/mol. The van der Waals surface area contributed by atoms with Gasteiger partial charge in [-0.3, -0.25) is 4.90 Å². The topological polar surface area (TPSA) is 112 Å². The van der Waals surface area contributed by atoms with Gasteiger partial charge in [0.2, 0.25) is 0 Å². The fraction of sp³-hybridized carbons (Fsp3) is 0.500. The van der Waals surface area contributed by atoms with Crippen molar-refractivity contribution in [2.45, 2.75) is 47.5 Å². The van der Waals surface area contributed by atoms with Gasteiger partial charge in [0.25, 0.3) is 0 Å². The van der Waals surface area contributed by atoms with E-state index in [-0.39, 0.29) is 106 Å². The van der Waals surface area contributed by atoms with E-state index in [9.17, 15) is 4.79 Å². The van der Waals surface area contributed by atoms with Gasteiger partial charge in [-0.2, -0.15) is 0 Å². The molecule has 0 aromatic heterocycles. The van der Waals surface area contributed by atoms with Gasteiger partial charge < -0.3 is 63.7 Å². The van der Waals surface area contributed by atoms with Gasteiger partial charge in [-0.25, -0.2) is 4.79 Å². The molecule has 4 radical (unpaired) electrons. The number of benzene rings is 4. The molecule has 4 saturated heterocycles. The Kier molecular flexibility index (Phi) is 41.8. The van der Waals surface area contributed by atoms with E-state index in [4.69, 9.17) is 15.2 Å². The van der Waals surface area contributed by atoms with Gasteiger partial charge in [0.1, 0.15) is 0 Å². The van der Waals surface area contributed by atoms with Crippen LogP contribution in [0.1, 0.15) is 53.7 Å². The predicted octanol–water partition coefficient (Wildman–Crippen LogP) is 7.51. The Hall–Kier alpha value is -0.833. The van der Waals surface area contributed by atoms with Gasteiger partial charge in [0.15, 0.2) is 0 Å². The molecule has 4 heterocycles. The summed E-state index contributed by atoms with van der Waals surface area (Å²) >= 11 is 3.25. The van der Waals surface area contributed by atoms with E-state index in [1.165, 1.54) is 79.3 Å². The fourth-order valence-electron chi connectivity index (χ4n) is 8.01. The number of rotatable bonds is 10. The molecule has 71 heavy (non-hydrogen) atoms. The largest absolute Gasteiger partial charge is 0.482 e. The number of nitrogens with zero attached hydrogens (tertiary/aromatic N) is 7. The van der Waals surface area contributed by atoms with Crippen LogP contribution < -0.4 is 24.9 Å². The molecule has 0 spiro atoms. The number of hydrogen-bond donors (Lipinski definition) is 4. The van der Waals surface area contributed by atoms with Gasteiger partial charge in [-0.05, 0) is 101 Å². The summed E-state index contributed by atoms with van der Waals surface area (Å²) in [5.74, 6) is -0.876. The molecule has 4 aromatic rings. The van der Waals surface area contributed by atoms with Crippen molar-refractivity contribution in [1.82, 2.24) is 20.0 Å². The van der Waals surface area contributed by atoms with Gasteiger partial charge in [-0.15, -0.1) is 13.1 Å². The molecule has 384 valence electrons. The summed E-state index contributed by atoms with van der Waals surface area (Å²) in [5.41, 5.74) is 9.52. The normalized spacial score (nSPS) is 15.7. The van der Waals surface area contributed by atoms with Crippen LogP contribution in [-0.4, -0.2) is 173 Å². The molecular formula is C54H83BBrN8O4Y3-2. The summed E-state index contributed by atoms with van der Waals surface area (Å²) in [6, 6.07) is 33.5. The first-order valence-corrected chi connectivity index (χ1v) is 25.8. The number of halogens is 1. The SMILES string of the molecule is CCCBr.CCCN1CCN(c2ccc(C)cc2)CC1.Cc1ccc(N2CCNCC2)cc1.O[B]O.[CH2-]CN1CCN(c2ccc(C(=O)O)cc2)CC1.[CH2-]CN1CCN(c2ccc(C)cc2)CC1.[Y].[Y].[Y]. The maximum absolute atomic E-state index is 10.7. The second-order valence-corrected chi connectivity index (χ2v) is 18.2. The fourth-order valence-corrected chi connectivity index (χ4v) is 8.01. The standard InChI is InChI=1S/C14H22N2.C13H17N2O2.C13H19N2.C11H16N2.C3H7Br.BH2O2.3Y/c1-3-8-15-9-11-16(12-10-15)14-6-4-13(2)5-7-14;1-2-14-7-9-15(10-8-14)12-5-3-11(4-6-12)13(16)17;1-3-14-8-10-15(11-9-14)13-6-4-12(2)5-7-13;1-10-2-4-11(5-3-10)13-8-6-12-7-9-13;1-2-3-4;2-1-3;;;/h4-7H,3,8-12H2,1-2H3;3-6H,1-2,7-10H2,(H,16,17);4-7H,1,3,8-11H2,2H3;2-5,12H,6-9H2,1H3;2-3H2,1H3;2-3H;;;/q;2*-1;;;;;;. The third kappa shape index (κ3) is 28.2. The van der Waals surface area contributed by atoms with E-state index in [2.05, 4.69) is 177 Å². The van der Waals surface area contributed by atoms with Gasteiger partial charge in [0.05, 0.1) is 5.56 Å². The van der Waals surface area contributed by atoms with Crippen LogP contribution in [-0.2, 0) is 98.1 Å². The molecule has 0 saturated carbocycles. The van der Waals surface area contributed by atoms with Gasteiger partial charge in [0, 0.05) is 231 Å². The van der Waals surface area contributed by atoms with Crippen LogP contribution >= 0.6 is 15.9 Å². The summed E-state index contributed by atoms with van der Waals surface area (Å²) in [6.07, 6.45) is 2.50. The number of carbonyl (C=O) groups is 1. The van der Waals surface area contributed by atoms with E-state index in [0.29, 0.717) is 5.56 Å². The number of anilines is 4. The third-order valence-electron chi connectivity index (χ3n) is 12.3. The number of hydrogen-bond acceptors (Lipinski definition) is 11. The van der Waals surface area contributed by atoms with Crippen molar-refractivity contribution in [2.24, 2.45) is 0 Å². The molecule has 4 N–H and O–H groups in total. The van der Waals surface area contributed by atoms with E-state index >= 15 is 0 Å². The number of carboxylic acid groups (broad SMARTS) is 1. The first kappa shape index (κ1) is 70.2. The predicted molar refractivity (Wildman–Crippen MR) is 293 cm³/mol. The molecule has 8 rings (SSSR count). The maximum Gasteiger partial charge on any atom is 0.482 e. The van der Waals surface area contributed by atoms with Crippen molar-refractivity contribution >= 4 is 52.3 Å². The molecule has 4 fully saturated rings. The molecular weight excluding hydrogens is 1180 g/mol. The van der Waals surface area contributed by atoms with Crippen LogP contribution in [0.5, 0.6) is 0 Å². The van der Waals surface area contributed by atoms with Gasteiger partial charge >= 0.3 is 13.7 Å². The van der Waals surface area contributed by atoms with Crippen molar-refractivity contribution in [1.29, 1.82) is 0 Å². The first-order chi connectivity index (χ1) is 33.0. The Labute approximate surface area is 514 Å². The quantitative estimate of drug-likeness (QED) is 0.0717. The van der Waals surface area contributed by atoms with Crippen molar-refractivity contribution in [2.75, 3.05) is 149 Å². The van der Waals surface area contributed by atoms with E-state index in [0.717, 1.165) is 103 Å². The zero-order chi connectivity index (χ0) is 49.5. The Balaban J connectivity index is 0.000000871. The van der Waals surface area contributed by atoms with Crippen LogP contribution in [0.25, 0.3) is 0 Å². The zero-order valence-electron chi connectivity index (χ0n) is 43.8. The smallest absolute Gasteiger partial charge is 0.478 e. The van der Waals surface area contributed by atoms with Crippen LogP contribution in [0.2, 0.25) is 0 Å². The summed E-state index contributed by atoms with van der Waals surface area (Å²) in [5, 5.41) is 27.3. The number of carboxylic acids is 1. The van der Waals surface area contributed by atoms with E-state index in [1.54, 1.807) is 12.1 Å². The summed E-state index contributed by atoms with van der Waals surface area (Å²) in [4.78, 5) is 27.6. The Morgan fingerprint density at radius 3 is 1.03 bits per heavy atom. The van der Waals surface area contributed by atoms with Crippen LogP contribution in [0, 0.1) is 34.6 Å². The van der Waals surface area contributed by atoms with Gasteiger partial charge in [-0.1, -0.05) is 82.9 Å². The number of alkyl halides is 1. The molecule has 0 aliphatic carbocycles. The average Bonchev–Trinajstić information content (AvgIpc) is 3.39. The molecule has 0 amide bonds. The molecule has 0 atom stereocenters. The van der Waals surface area contributed by atoms with Crippen LogP contribution in [0.3, 0.4) is 0 Å². The summed E-state index contributed by atoms with van der Waals surface area (Å²) in [7, 11) is 0. The van der Waals surface area contributed by atoms with Crippen molar-refractivity contribution in [3.05, 3.63) is 133 Å². The molecule has 17 heteroatoms. The van der Waals surface area contributed by atoms with Crippen molar-refractivity contribution in [3.63, 3.8) is 0 Å². The third-order valence-corrected chi connectivity index (χ3v) is 13.1. The molecule has 12 nitrogen and oxygen atoms in total. The zero-order valence-corrected chi connectivity index (χ0v) is 53.9.